The van der Waals surface area contributed by atoms with Crippen LogP contribution in [-0.4, -0.2) is 49.2 Å². The molecule has 1 unspecified atom stereocenters. The van der Waals surface area contributed by atoms with E-state index in [1.165, 1.54) is 0 Å². The van der Waals surface area contributed by atoms with Gasteiger partial charge in [-0.05, 0) is 6.42 Å². The van der Waals surface area contributed by atoms with E-state index in [2.05, 4.69) is 12.2 Å². The maximum atomic E-state index is 8.95. The number of aliphatic hydroxyl groups is 2. The Labute approximate surface area is 79.9 Å². The molecule has 0 aromatic carbocycles. The Hall–Kier alpha value is -0.160. The second-order valence-electron chi connectivity index (χ2n) is 3.01. The van der Waals surface area contributed by atoms with E-state index in [9.17, 15) is 0 Å². The quantitative estimate of drug-likeness (QED) is 0.440. The van der Waals surface area contributed by atoms with Gasteiger partial charge in [-0.25, -0.2) is 0 Å². The van der Waals surface area contributed by atoms with Crippen LogP contribution in [0.3, 0.4) is 0 Å². The highest BCUT2D eigenvalue weighted by Crippen LogP contribution is 1.86. The van der Waals surface area contributed by atoms with E-state index in [4.69, 9.17) is 14.9 Å². The minimum atomic E-state index is -0.657. The lowest BCUT2D eigenvalue weighted by Gasteiger charge is -2.08. The summed E-state index contributed by atoms with van der Waals surface area (Å²) in [6, 6.07) is 0. The van der Waals surface area contributed by atoms with Crippen molar-refractivity contribution in [1.82, 2.24) is 5.32 Å². The molecule has 0 bridgehead atoms. The molecule has 4 heteroatoms. The van der Waals surface area contributed by atoms with Crippen molar-refractivity contribution in [2.45, 2.75) is 25.9 Å². The molecule has 0 saturated carbocycles. The molecule has 0 aromatic rings. The van der Waals surface area contributed by atoms with Gasteiger partial charge in [-0.2, -0.15) is 0 Å². The molecule has 0 radical (unpaired) electrons. The van der Waals surface area contributed by atoms with Crippen molar-refractivity contribution in [3.05, 3.63) is 0 Å². The second kappa shape index (κ2) is 9.92. The summed E-state index contributed by atoms with van der Waals surface area (Å²) < 4.78 is 5.28. The zero-order chi connectivity index (χ0) is 9.94. The van der Waals surface area contributed by atoms with Crippen molar-refractivity contribution in [2.24, 2.45) is 0 Å². The van der Waals surface area contributed by atoms with Gasteiger partial charge in [0.15, 0.2) is 0 Å². The van der Waals surface area contributed by atoms with Crippen LogP contribution in [-0.2, 0) is 4.74 Å². The first-order valence-corrected chi connectivity index (χ1v) is 4.88. The van der Waals surface area contributed by atoms with Gasteiger partial charge >= 0.3 is 0 Å². The molecule has 4 nitrogen and oxygen atoms in total. The maximum absolute atomic E-state index is 8.95. The lowest BCUT2D eigenvalue weighted by molar-refractivity contribution is 0.0886. The Balaban J connectivity index is 2.91. The summed E-state index contributed by atoms with van der Waals surface area (Å²) in [5.41, 5.74) is 0. The fourth-order valence-electron chi connectivity index (χ4n) is 0.826. The molecule has 13 heavy (non-hydrogen) atoms. The Kier molecular flexibility index (Phi) is 9.80. The first kappa shape index (κ1) is 12.8. The summed E-state index contributed by atoms with van der Waals surface area (Å²) in [6.07, 6.45) is 1.59. The zero-order valence-corrected chi connectivity index (χ0v) is 8.33. The van der Waals surface area contributed by atoms with Gasteiger partial charge in [0, 0.05) is 19.7 Å². The van der Waals surface area contributed by atoms with Gasteiger partial charge < -0.3 is 20.3 Å². The molecule has 80 valence electrons. The minimum absolute atomic E-state index is 0.191. The minimum Gasteiger partial charge on any atom is -0.394 e. The Morgan fingerprint density at radius 3 is 2.77 bits per heavy atom. The first-order chi connectivity index (χ1) is 6.31. The number of aliphatic hydroxyl groups excluding tert-OH is 2. The molecular formula is C9H21NO3. The van der Waals surface area contributed by atoms with Gasteiger partial charge in [-0.15, -0.1) is 0 Å². The lowest BCUT2D eigenvalue weighted by Crippen LogP contribution is -2.31. The third-order valence-electron chi connectivity index (χ3n) is 1.66. The molecule has 0 aliphatic heterocycles. The van der Waals surface area contributed by atoms with E-state index < -0.39 is 6.10 Å². The smallest absolute Gasteiger partial charge is 0.0894 e. The van der Waals surface area contributed by atoms with Crippen molar-refractivity contribution in [3.8, 4) is 0 Å². The normalized spacial score (nSPS) is 13.2. The SMILES string of the molecule is CCCCOCCNCC(O)CO. The van der Waals surface area contributed by atoms with E-state index in [0.29, 0.717) is 13.2 Å². The van der Waals surface area contributed by atoms with E-state index in [1.54, 1.807) is 0 Å². The summed E-state index contributed by atoms with van der Waals surface area (Å²) >= 11 is 0. The molecule has 3 N–H and O–H groups in total. The van der Waals surface area contributed by atoms with Crippen LogP contribution in [0.5, 0.6) is 0 Å². The fourth-order valence-corrected chi connectivity index (χ4v) is 0.826. The number of nitrogens with one attached hydrogen (secondary N) is 1. The summed E-state index contributed by atoms with van der Waals surface area (Å²) in [5, 5.41) is 20.4. The van der Waals surface area contributed by atoms with Crippen LogP contribution in [0.15, 0.2) is 0 Å². The average molecular weight is 191 g/mol. The topological polar surface area (TPSA) is 61.7 Å². The van der Waals surface area contributed by atoms with E-state index in [1.807, 2.05) is 0 Å². The third-order valence-corrected chi connectivity index (χ3v) is 1.66. The van der Waals surface area contributed by atoms with Gasteiger partial charge in [0.2, 0.25) is 0 Å². The second-order valence-corrected chi connectivity index (χ2v) is 3.01. The van der Waals surface area contributed by atoms with Crippen molar-refractivity contribution < 1.29 is 14.9 Å². The van der Waals surface area contributed by atoms with E-state index in [-0.39, 0.29) is 6.61 Å². The molecule has 0 aliphatic rings. The fraction of sp³-hybridized carbons (Fsp3) is 1.00. The number of hydrogen-bond donors (Lipinski definition) is 3. The summed E-state index contributed by atoms with van der Waals surface area (Å²) in [7, 11) is 0. The van der Waals surface area contributed by atoms with Crippen LogP contribution in [0.25, 0.3) is 0 Å². The van der Waals surface area contributed by atoms with E-state index in [0.717, 1.165) is 26.0 Å². The molecule has 0 fully saturated rings. The van der Waals surface area contributed by atoms with Crippen molar-refractivity contribution in [3.63, 3.8) is 0 Å². The Bertz CT molecular complexity index is 101. The highest BCUT2D eigenvalue weighted by Gasteiger charge is 1.98. The number of rotatable bonds is 9. The van der Waals surface area contributed by atoms with Gasteiger partial charge in [0.05, 0.1) is 19.3 Å². The highest BCUT2D eigenvalue weighted by molar-refractivity contribution is 4.56. The molecule has 0 rings (SSSR count). The molecular weight excluding hydrogens is 170 g/mol. The molecule has 1 atom stereocenters. The lowest BCUT2D eigenvalue weighted by atomic mass is 10.4. The number of hydrogen-bond acceptors (Lipinski definition) is 4. The van der Waals surface area contributed by atoms with Crippen molar-refractivity contribution in [1.29, 1.82) is 0 Å². The predicted octanol–water partition coefficient (Wildman–Crippen LogP) is -0.254. The van der Waals surface area contributed by atoms with Gasteiger partial charge in [0.1, 0.15) is 0 Å². The van der Waals surface area contributed by atoms with Crippen LogP contribution >= 0.6 is 0 Å². The van der Waals surface area contributed by atoms with E-state index >= 15 is 0 Å². The Morgan fingerprint density at radius 1 is 1.38 bits per heavy atom. The van der Waals surface area contributed by atoms with Gasteiger partial charge in [0.25, 0.3) is 0 Å². The number of ether oxygens (including phenoxy) is 1. The molecule has 0 aromatic heterocycles. The van der Waals surface area contributed by atoms with Crippen molar-refractivity contribution in [2.75, 3.05) is 32.9 Å². The van der Waals surface area contributed by atoms with Gasteiger partial charge in [-0.1, -0.05) is 13.3 Å². The van der Waals surface area contributed by atoms with Gasteiger partial charge in [-0.3, -0.25) is 0 Å². The van der Waals surface area contributed by atoms with Crippen LogP contribution in [0.4, 0.5) is 0 Å². The molecule has 0 saturated heterocycles. The molecule has 0 aliphatic carbocycles. The summed E-state index contributed by atoms with van der Waals surface area (Å²) in [6.45, 7) is 4.55. The number of unbranched alkanes of at least 4 members (excludes halogenated alkanes) is 1. The van der Waals surface area contributed by atoms with Crippen LogP contribution in [0.2, 0.25) is 0 Å². The monoisotopic (exact) mass is 191 g/mol. The average Bonchev–Trinajstić information content (AvgIpc) is 2.16. The Morgan fingerprint density at radius 2 is 2.15 bits per heavy atom. The zero-order valence-electron chi connectivity index (χ0n) is 8.33. The molecule has 0 amide bonds. The predicted molar refractivity (Wildman–Crippen MR) is 51.7 cm³/mol. The van der Waals surface area contributed by atoms with Crippen LogP contribution in [0, 0.1) is 0 Å². The van der Waals surface area contributed by atoms with Crippen LogP contribution < -0.4 is 5.32 Å². The maximum Gasteiger partial charge on any atom is 0.0894 e. The largest absolute Gasteiger partial charge is 0.394 e. The van der Waals surface area contributed by atoms with Crippen LogP contribution in [0.1, 0.15) is 19.8 Å². The highest BCUT2D eigenvalue weighted by atomic mass is 16.5. The summed E-state index contributed by atoms with van der Waals surface area (Å²) in [5.74, 6) is 0. The molecule has 0 heterocycles. The summed E-state index contributed by atoms with van der Waals surface area (Å²) in [4.78, 5) is 0. The first-order valence-electron chi connectivity index (χ1n) is 4.88. The van der Waals surface area contributed by atoms with Crippen molar-refractivity contribution >= 4 is 0 Å². The molecule has 0 spiro atoms. The standard InChI is InChI=1S/C9H21NO3/c1-2-3-5-13-6-4-10-7-9(12)8-11/h9-12H,2-8H2,1H3. The third kappa shape index (κ3) is 9.76.